The van der Waals surface area contributed by atoms with Crippen LogP contribution in [0.5, 0.6) is 0 Å². The highest BCUT2D eigenvalue weighted by Crippen LogP contribution is 2.29. The Morgan fingerprint density at radius 3 is 2.68 bits per heavy atom. The SMILES string of the molecule is O=[N+]([O-])c1cc(Cl)ccc1NS(=O)(=O)c1ccn[nH]1. The molecule has 0 saturated heterocycles. The first-order chi connectivity index (χ1) is 8.90. The Hall–Kier alpha value is -2.13. The molecule has 0 amide bonds. The molecule has 0 radical (unpaired) electrons. The molecule has 0 bridgehead atoms. The van der Waals surface area contributed by atoms with Crippen LogP contribution in [0.2, 0.25) is 5.02 Å². The minimum absolute atomic E-state index is 0.135. The second kappa shape index (κ2) is 4.86. The zero-order valence-electron chi connectivity index (χ0n) is 9.20. The highest BCUT2D eigenvalue weighted by molar-refractivity contribution is 7.92. The van der Waals surface area contributed by atoms with Crippen molar-refractivity contribution in [3.8, 4) is 0 Å². The van der Waals surface area contributed by atoms with Crippen LogP contribution in [0.4, 0.5) is 11.4 Å². The van der Waals surface area contributed by atoms with Crippen molar-refractivity contribution in [2.24, 2.45) is 0 Å². The minimum Gasteiger partial charge on any atom is -0.272 e. The fourth-order valence-corrected chi connectivity index (χ4v) is 2.49. The lowest BCUT2D eigenvalue weighted by Crippen LogP contribution is -2.14. The van der Waals surface area contributed by atoms with Gasteiger partial charge >= 0.3 is 0 Å². The van der Waals surface area contributed by atoms with E-state index in [1.54, 1.807) is 0 Å². The summed E-state index contributed by atoms with van der Waals surface area (Å²) >= 11 is 5.63. The van der Waals surface area contributed by atoms with Gasteiger partial charge in [-0.3, -0.25) is 19.9 Å². The number of hydrogen-bond acceptors (Lipinski definition) is 5. The monoisotopic (exact) mass is 302 g/mol. The summed E-state index contributed by atoms with van der Waals surface area (Å²) in [5, 5.41) is 16.5. The molecule has 2 N–H and O–H groups in total. The molecule has 2 rings (SSSR count). The van der Waals surface area contributed by atoms with Crippen LogP contribution in [-0.2, 0) is 10.0 Å². The largest absolute Gasteiger partial charge is 0.294 e. The first-order valence-corrected chi connectivity index (χ1v) is 6.72. The zero-order valence-corrected chi connectivity index (χ0v) is 10.8. The van der Waals surface area contributed by atoms with Gasteiger partial charge in [-0.1, -0.05) is 11.6 Å². The van der Waals surface area contributed by atoms with Gasteiger partial charge < -0.3 is 0 Å². The van der Waals surface area contributed by atoms with Crippen LogP contribution in [0.3, 0.4) is 0 Å². The number of anilines is 1. The molecule has 0 saturated carbocycles. The minimum atomic E-state index is -3.95. The number of halogens is 1. The van der Waals surface area contributed by atoms with Crippen molar-refractivity contribution in [1.29, 1.82) is 0 Å². The Morgan fingerprint density at radius 1 is 1.37 bits per heavy atom. The second-order valence-corrected chi connectivity index (χ2v) is 5.53. The van der Waals surface area contributed by atoms with Crippen molar-refractivity contribution in [3.05, 3.63) is 45.6 Å². The highest BCUT2D eigenvalue weighted by atomic mass is 35.5. The lowest BCUT2D eigenvalue weighted by Gasteiger charge is -2.06. The van der Waals surface area contributed by atoms with Crippen LogP contribution in [0, 0.1) is 10.1 Å². The van der Waals surface area contributed by atoms with Gasteiger partial charge in [-0.25, -0.2) is 0 Å². The summed E-state index contributed by atoms with van der Waals surface area (Å²) in [7, 11) is -3.95. The van der Waals surface area contributed by atoms with E-state index in [-0.39, 0.29) is 15.7 Å². The molecular weight excluding hydrogens is 296 g/mol. The average molecular weight is 303 g/mol. The molecule has 1 aromatic carbocycles. The van der Waals surface area contributed by atoms with E-state index in [2.05, 4.69) is 14.9 Å². The number of hydrogen-bond donors (Lipinski definition) is 2. The summed E-state index contributed by atoms with van der Waals surface area (Å²) < 4.78 is 25.9. The molecule has 10 heteroatoms. The van der Waals surface area contributed by atoms with Crippen LogP contribution in [0.15, 0.2) is 35.5 Å². The Kier molecular flexibility index (Phi) is 3.40. The van der Waals surface area contributed by atoms with Crippen LogP contribution in [0.25, 0.3) is 0 Å². The quantitative estimate of drug-likeness (QED) is 0.659. The smallest absolute Gasteiger partial charge is 0.272 e. The normalized spacial score (nSPS) is 11.2. The number of aromatic amines is 1. The Morgan fingerprint density at radius 2 is 2.11 bits per heavy atom. The van der Waals surface area contributed by atoms with Gasteiger partial charge in [0.25, 0.3) is 15.7 Å². The summed E-state index contributed by atoms with van der Waals surface area (Å²) in [6.07, 6.45) is 1.25. The molecule has 1 heterocycles. The molecule has 2 aromatic rings. The summed E-state index contributed by atoms with van der Waals surface area (Å²) in [6, 6.07) is 4.85. The summed E-state index contributed by atoms with van der Waals surface area (Å²) in [4.78, 5) is 10.1. The third kappa shape index (κ3) is 2.83. The number of nitro groups is 1. The number of nitrogens with zero attached hydrogens (tertiary/aromatic N) is 2. The Balaban J connectivity index is 2.42. The van der Waals surface area contributed by atoms with Crippen molar-refractivity contribution in [3.63, 3.8) is 0 Å². The van der Waals surface area contributed by atoms with Gasteiger partial charge in [0.2, 0.25) is 0 Å². The molecule has 0 aliphatic rings. The number of H-pyrrole nitrogens is 1. The number of nitrogens with one attached hydrogen (secondary N) is 2. The van der Waals surface area contributed by atoms with E-state index in [0.29, 0.717) is 0 Å². The van der Waals surface area contributed by atoms with Gasteiger partial charge in [0.1, 0.15) is 5.69 Å². The number of sulfonamides is 1. The molecule has 0 spiro atoms. The zero-order chi connectivity index (χ0) is 14.0. The van der Waals surface area contributed by atoms with E-state index in [4.69, 9.17) is 11.6 Å². The average Bonchev–Trinajstić information content (AvgIpc) is 2.85. The maximum atomic E-state index is 11.9. The van der Waals surface area contributed by atoms with Gasteiger partial charge in [0.15, 0.2) is 5.03 Å². The van der Waals surface area contributed by atoms with Crippen LogP contribution in [-0.4, -0.2) is 23.5 Å². The van der Waals surface area contributed by atoms with E-state index in [9.17, 15) is 18.5 Å². The van der Waals surface area contributed by atoms with E-state index >= 15 is 0 Å². The fraction of sp³-hybridized carbons (Fsp3) is 0. The molecule has 0 aliphatic carbocycles. The van der Waals surface area contributed by atoms with E-state index in [1.807, 2.05) is 0 Å². The first-order valence-electron chi connectivity index (χ1n) is 4.86. The molecular formula is C9H7ClN4O4S. The molecule has 0 unspecified atom stereocenters. The summed E-state index contributed by atoms with van der Waals surface area (Å²) in [6.45, 7) is 0. The summed E-state index contributed by atoms with van der Waals surface area (Å²) in [5.41, 5.74) is -0.611. The third-order valence-electron chi connectivity index (χ3n) is 2.17. The van der Waals surface area contributed by atoms with Gasteiger partial charge in [0.05, 0.1) is 11.1 Å². The van der Waals surface area contributed by atoms with Crippen LogP contribution in [0.1, 0.15) is 0 Å². The predicted molar refractivity (Wildman–Crippen MR) is 67.5 cm³/mol. The van der Waals surface area contributed by atoms with E-state index in [0.717, 1.165) is 6.07 Å². The first kappa shape index (κ1) is 13.3. The molecule has 8 nitrogen and oxygen atoms in total. The fourth-order valence-electron chi connectivity index (χ4n) is 1.33. The standard InChI is InChI=1S/C9H7ClN4O4S/c10-6-1-2-7(8(5-6)14(15)16)13-19(17,18)9-3-4-11-12-9/h1-5,13H,(H,11,12). The lowest BCUT2D eigenvalue weighted by atomic mass is 10.3. The molecule has 0 aliphatic heterocycles. The van der Waals surface area contributed by atoms with Crippen molar-refractivity contribution < 1.29 is 13.3 Å². The number of aromatic nitrogens is 2. The molecule has 0 fully saturated rings. The van der Waals surface area contributed by atoms with Gasteiger partial charge in [-0.15, -0.1) is 0 Å². The van der Waals surface area contributed by atoms with Crippen molar-refractivity contribution in [1.82, 2.24) is 10.2 Å². The maximum absolute atomic E-state index is 11.9. The van der Waals surface area contributed by atoms with Gasteiger partial charge in [0, 0.05) is 11.1 Å². The van der Waals surface area contributed by atoms with E-state index < -0.39 is 20.6 Å². The van der Waals surface area contributed by atoms with Crippen molar-refractivity contribution in [2.45, 2.75) is 5.03 Å². The number of nitro benzene ring substituents is 1. The summed E-state index contributed by atoms with van der Waals surface area (Å²) in [5.74, 6) is 0. The Bertz CT molecular complexity index is 714. The van der Waals surface area contributed by atoms with Crippen LogP contribution >= 0.6 is 11.6 Å². The van der Waals surface area contributed by atoms with Gasteiger partial charge in [-0.2, -0.15) is 13.5 Å². The third-order valence-corrected chi connectivity index (χ3v) is 3.70. The lowest BCUT2D eigenvalue weighted by molar-refractivity contribution is -0.383. The molecule has 1 aromatic heterocycles. The molecule has 19 heavy (non-hydrogen) atoms. The molecule has 100 valence electrons. The number of benzene rings is 1. The van der Waals surface area contributed by atoms with Crippen molar-refractivity contribution >= 4 is 33.0 Å². The topological polar surface area (TPSA) is 118 Å². The highest BCUT2D eigenvalue weighted by Gasteiger charge is 2.21. The van der Waals surface area contributed by atoms with E-state index in [1.165, 1.54) is 24.4 Å². The number of rotatable bonds is 4. The Labute approximate surface area is 112 Å². The van der Waals surface area contributed by atoms with Gasteiger partial charge in [-0.05, 0) is 18.2 Å². The van der Waals surface area contributed by atoms with Crippen LogP contribution < -0.4 is 4.72 Å². The van der Waals surface area contributed by atoms with Crippen molar-refractivity contribution in [2.75, 3.05) is 4.72 Å². The molecule has 0 atom stereocenters. The maximum Gasteiger partial charge on any atom is 0.294 e. The second-order valence-electron chi connectivity index (χ2n) is 3.44. The predicted octanol–water partition coefficient (Wildman–Crippen LogP) is 1.77.